The van der Waals surface area contributed by atoms with E-state index >= 15 is 0 Å². The van der Waals surface area contributed by atoms with Gasteiger partial charge < -0.3 is 15.4 Å². The summed E-state index contributed by atoms with van der Waals surface area (Å²) in [4.78, 5) is 6.88. The van der Waals surface area contributed by atoms with Crippen LogP contribution in [-0.4, -0.2) is 71.4 Å². The number of ether oxygens (including phenoxy) is 1. The van der Waals surface area contributed by atoms with Crippen molar-refractivity contribution in [2.45, 2.75) is 32.9 Å². The predicted octanol–water partition coefficient (Wildman–Crippen LogP) is 1.14. The molecule has 0 spiro atoms. The van der Waals surface area contributed by atoms with Crippen LogP contribution in [0.2, 0.25) is 0 Å². The second-order valence-corrected chi connectivity index (χ2v) is 7.28. The number of fused-ring (bicyclic) bond motifs is 1. The van der Waals surface area contributed by atoms with Gasteiger partial charge in [-0.1, -0.05) is 19.9 Å². The maximum absolute atomic E-state index is 5.50. The molecule has 2 N–H and O–H groups in total. The molecule has 1 fully saturated rings. The fraction of sp³-hybridized carbons (Fsp3) is 0.632. The molecule has 0 aromatic carbocycles. The molecule has 2 aromatic heterocycles. The third-order valence-electron chi connectivity index (χ3n) is 4.83. The maximum atomic E-state index is 5.50. The summed E-state index contributed by atoms with van der Waals surface area (Å²) >= 11 is 0. The normalized spacial score (nSPS) is 17.4. The van der Waals surface area contributed by atoms with Crippen LogP contribution in [0.5, 0.6) is 0 Å². The van der Waals surface area contributed by atoms with Gasteiger partial charge in [-0.05, 0) is 24.5 Å². The lowest BCUT2D eigenvalue weighted by atomic mass is 10.0. The van der Waals surface area contributed by atoms with Crippen molar-refractivity contribution in [2.75, 3.05) is 39.9 Å². The summed E-state index contributed by atoms with van der Waals surface area (Å²) in [5, 5.41) is 15.3. The lowest BCUT2D eigenvalue weighted by Gasteiger charge is -2.35. The Bertz CT molecular complexity index is 736. The molecule has 0 radical (unpaired) electrons. The summed E-state index contributed by atoms with van der Waals surface area (Å²) in [5.41, 5.74) is 0.849. The summed E-state index contributed by atoms with van der Waals surface area (Å²) in [5.74, 6) is 2.29. The van der Waals surface area contributed by atoms with Crippen LogP contribution in [0, 0.1) is 5.92 Å². The van der Waals surface area contributed by atoms with Crippen LogP contribution < -0.4 is 10.6 Å². The van der Waals surface area contributed by atoms with Crippen molar-refractivity contribution >= 4 is 11.6 Å². The number of guanidine groups is 1. The Hall–Kier alpha value is -2.19. The number of aromatic nitrogens is 3. The first kappa shape index (κ1) is 19.6. The van der Waals surface area contributed by atoms with E-state index in [0.29, 0.717) is 18.5 Å². The number of pyridine rings is 1. The van der Waals surface area contributed by atoms with Crippen molar-refractivity contribution in [3.63, 3.8) is 0 Å². The van der Waals surface area contributed by atoms with Gasteiger partial charge in [0.1, 0.15) is 0 Å². The van der Waals surface area contributed by atoms with Crippen LogP contribution in [0.4, 0.5) is 0 Å². The molecule has 3 rings (SSSR count). The number of hydrogen-bond acceptors (Lipinski definition) is 5. The molecule has 1 aliphatic heterocycles. The van der Waals surface area contributed by atoms with Gasteiger partial charge in [-0.3, -0.25) is 14.3 Å². The van der Waals surface area contributed by atoms with Crippen molar-refractivity contribution in [2.24, 2.45) is 10.9 Å². The lowest BCUT2D eigenvalue weighted by molar-refractivity contribution is 0.0132. The third kappa shape index (κ3) is 5.40. The average molecular weight is 374 g/mol. The van der Waals surface area contributed by atoms with Crippen molar-refractivity contribution in [3.05, 3.63) is 30.2 Å². The molecule has 1 unspecified atom stereocenters. The molecule has 0 bridgehead atoms. The fourth-order valence-corrected chi connectivity index (χ4v) is 3.46. The molecule has 0 aliphatic carbocycles. The van der Waals surface area contributed by atoms with Gasteiger partial charge in [0.05, 0.1) is 19.8 Å². The molecular formula is C19H31N7O. The number of aliphatic imine (C=N–C) groups is 1. The highest BCUT2D eigenvalue weighted by molar-refractivity contribution is 5.79. The molecule has 8 heteroatoms. The zero-order valence-corrected chi connectivity index (χ0v) is 16.6. The number of nitrogens with zero attached hydrogens (tertiary/aromatic N) is 5. The van der Waals surface area contributed by atoms with Gasteiger partial charge >= 0.3 is 0 Å². The topological polar surface area (TPSA) is 79.1 Å². The van der Waals surface area contributed by atoms with Gasteiger partial charge in [-0.25, -0.2) is 0 Å². The molecule has 3 heterocycles. The van der Waals surface area contributed by atoms with Crippen molar-refractivity contribution < 1.29 is 4.74 Å². The van der Waals surface area contributed by atoms with Crippen LogP contribution in [0.25, 0.3) is 5.65 Å². The van der Waals surface area contributed by atoms with Gasteiger partial charge in [-0.2, -0.15) is 0 Å². The number of nitrogens with one attached hydrogen (secondary N) is 2. The summed E-state index contributed by atoms with van der Waals surface area (Å²) < 4.78 is 7.49. The monoisotopic (exact) mass is 373 g/mol. The van der Waals surface area contributed by atoms with Gasteiger partial charge in [0, 0.05) is 38.9 Å². The third-order valence-corrected chi connectivity index (χ3v) is 4.83. The SMILES string of the molecule is CN=C(NCc1nnc2ccccn12)NCC(CC(C)C)N1CCOCC1. The van der Waals surface area contributed by atoms with Crippen molar-refractivity contribution in [1.82, 2.24) is 30.1 Å². The minimum Gasteiger partial charge on any atom is -0.379 e. The number of rotatable bonds is 7. The smallest absolute Gasteiger partial charge is 0.191 e. The van der Waals surface area contributed by atoms with E-state index in [9.17, 15) is 0 Å². The molecule has 1 aliphatic rings. The summed E-state index contributed by atoms with van der Waals surface area (Å²) in [7, 11) is 1.80. The first-order chi connectivity index (χ1) is 13.2. The van der Waals surface area contributed by atoms with Crippen LogP contribution in [0.1, 0.15) is 26.1 Å². The van der Waals surface area contributed by atoms with E-state index in [4.69, 9.17) is 4.74 Å². The Balaban J connectivity index is 1.55. The first-order valence-electron chi connectivity index (χ1n) is 9.72. The molecular weight excluding hydrogens is 342 g/mol. The zero-order valence-electron chi connectivity index (χ0n) is 16.6. The standard InChI is InChI=1S/C19H31N7O/c1-15(2)12-16(25-8-10-27-11-9-25)13-21-19(20-3)22-14-18-24-23-17-6-4-5-7-26(17)18/h4-7,15-16H,8-14H2,1-3H3,(H2,20,21,22). The highest BCUT2D eigenvalue weighted by Gasteiger charge is 2.22. The van der Waals surface area contributed by atoms with E-state index in [-0.39, 0.29) is 0 Å². The van der Waals surface area contributed by atoms with Gasteiger partial charge in [0.15, 0.2) is 17.4 Å². The van der Waals surface area contributed by atoms with E-state index in [1.807, 2.05) is 28.8 Å². The van der Waals surface area contributed by atoms with E-state index in [2.05, 4.69) is 44.6 Å². The van der Waals surface area contributed by atoms with Crippen LogP contribution >= 0.6 is 0 Å². The summed E-state index contributed by atoms with van der Waals surface area (Å²) in [6.07, 6.45) is 3.12. The second-order valence-electron chi connectivity index (χ2n) is 7.28. The number of morpholine rings is 1. The molecule has 0 amide bonds. The second kappa shape index (κ2) is 9.66. The van der Waals surface area contributed by atoms with Crippen LogP contribution in [-0.2, 0) is 11.3 Å². The Morgan fingerprint density at radius 2 is 2.04 bits per heavy atom. The maximum Gasteiger partial charge on any atom is 0.191 e. The molecule has 8 nitrogen and oxygen atoms in total. The zero-order chi connectivity index (χ0) is 19.1. The molecule has 0 saturated carbocycles. The quantitative estimate of drug-likeness (QED) is 0.560. The van der Waals surface area contributed by atoms with Crippen LogP contribution in [0.3, 0.4) is 0 Å². The van der Waals surface area contributed by atoms with Crippen LogP contribution in [0.15, 0.2) is 29.4 Å². The molecule has 1 saturated heterocycles. The fourth-order valence-electron chi connectivity index (χ4n) is 3.46. The van der Waals surface area contributed by atoms with E-state index in [0.717, 1.165) is 56.7 Å². The molecule has 1 atom stereocenters. The Labute approximate surface area is 161 Å². The first-order valence-corrected chi connectivity index (χ1v) is 9.72. The summed E-state index contributed by atoms with van der Waals surface area (Å²) in [6, 6.07) is 6.36. The van der Waals surface area contributed by atoms with Crippen molar-refractivity contribution in [3.8, 4) is 0 Å². The Kier molecular flexibility index (Phi) is 7.00. The Morgan fingerprint density at radius 3 is 2.78 bits per heavy atom. The largest absolute Gasteiger partial charge is 0.379 e. The molecule has 27 heavy (non-hydrogen) atoms. The predicted molar refractivity (Wildman–Crippen MR) is 107 cm³/mol. The highest BCUT2D eigenvalue weighted by atomic mass is 16.5. The highest BCUT2D eigenvalue weighted by Crippen LogP contribution is 2.13. The number of hydrogen-bond donors (Lipinski definition) is 2. The van der Waals surface area contributed by atoms with E-state index < -0.39 is 0 Å². The molecule has 148 valence electrons. The molecule has 2 aromatic rings. The van der Waals surface area contributed by atoms with Gasteiger partial charge in [0.2, 0.25) is 0 Å². The summed E-state index contributed by atoms with van der Waals surface area (Å²) in [6.45, 7) is 9.61. The lowest BCUT2D eigenvalue weighted by Crippen LogP contribution is -2.51. The average Bonchev–Trinajstić information content (AvgIpc) is 3.11. The van der Waals surface area contributed by atoms with E-state index in [1.165, 1.54) is 0 Å². The van der Waals surface area contributed by atoms with Gasteiger partial charge in [-0.15, -0.1) is 10.2 Å². The van der Waals surface area contributed by atoms with E-state index in [1.54, 1.807) is 7.05 Å². The minimum absolute atomic E-state index is 0.473. The van der Waals surface area contributed by atoms with Crippen molar-refractivity contribution in [1.29, 1.82) is 0 Å². The Morgan fingerprint density at radius 1 is 1.22 bits per heavy atom. The minimum atomic E-state index is 0.473. The van der Waals surface area contributed by atoms with Gasteiger partial charge in [0.25, 0.3) is 0 Å².